The Labute approximate surface area is 142 Å². The van der Waals surface area contributed by atoms with Crippen molar-refractivity contribution < 1.29 is 17.9 Å². The van der Waals surface area contributed by atoms with Gasteiger partial charge in [-0.1, -0.05) is 18.2 Å². The van der Waals surface area contributed by atoms with E-state index in [9.17, 15) is 13.2 Å². The molecule has 0 aliphatic rings. The lowest BCUT2D eigenvalue weighted by molar-refractivity contribution is 0.0377. The van der Waals surface area contributed by atoms with Gasteiger partial charge in [0, 0.05) is 5.69 Å². The van der Waals surface area contributed by atoms with Crippen molar-refractivity contribution in [2.45, 2.75) is 38.7 Å². The van der Waals surface area contributed by atoms with Crippen LogP contribution in [-0.4, -0.2) is 20.5 Å². The highest BCUT2D eigenvalue weighted by Gasteiger charge is 2.19. The van der Waals surface area contributed by atoms with Crippen LogP contribution in [0.5, 0.6) is 0 Å². The molecule has 2 aromatic rings. The van der Waals surface area contributed by atoms with Gasteiger partial charge in [-0.3, -0.25) is 4.72 Å². The SMILES string of the molecule is Cc1cccc(NS(=O)(=O)c2ccc(C)c(C(=O)OC(C)C)c2)c1. The molecule has 0 aromatic heterocycles. The number of aryl methyl sites for hydroxylation is 2. The highest BCUT2D eigenvalue weighted by molar-refractivity contribution is 7.92. The Morgan fingerprint density at radius 2 is 1.79 bits per heavy atom. The summed E-state index contributed by atoms with van der Waals surface area (Å²) in [6, 6.07) is 11.5. The fourth-order valence-electron chi connectivity index (χ4n) is 2.19. The number of sulfonamides is 1. The molecule has 128 valence electrons. The summed E-state index contributed by atoms with van der Waals surface area (Å²) in [4.78, 5) is 12.1. The average molecular weight is 347 g/mol. The second-order valence-corrected chi connectivity index (χ2v) is 7.59. The van der Waals surface area contributed by atoms with Gasteiger partial charge in [-0.25, -0.2) is 13.2 Å². The zero-order chi connectivity index (χ0) is 17.9. The molecule has 6 heteroatoms. The molecule has 0 bridgehead atoms. The standard InChI is InChI=1S/C18H21NO4S/c1-12(2)23-18(20)17-11-16(9-8-14(17)4)24(21,22)19-15-7-5-6-13(3)10-15/h5-12,19H,1-4H3. The molecule has 0 fully saturated rings. The van der Waals surface area contributed by atoms with E-state index in [-0.39, 0.29) is 16.6 Å². The van der Waals surface area contributed by atoms with Gasteiger partial charge in [0.1, 0.15) is 0 Å². The average Bonchev–Trinajstić information content (AvgIpc) is 2.46. The number of carbonyl (C=O) groups excluding carboxylic acids is 1. The molecular weight excluding hydrogens is 326 g/mol. The maximum absolute atomic E-state index is 12.6. The summed E-state index contributed by atoms with van der Waals surface area (Å²) in [5.41, 5.74) is 2.33. The summed E-state index contributed by atoms with van der Waals surface area (Å²) < 4.78 is 32.8. The van der Waals surface area contributed by atoms with Gasteiger partial charge < -0.3 is 4.74 Å². The molecule has 24 heavy (non-hydrogen) atoms. The fraction of sp³-hybridized carbons (Fsp3) is 0.278. The molecule has 0 saturated heterocycles. The Morgan fingerprint density at radius 3 is 2.42 bits per heavy atom. The van der Waals surface area contributed by atoms with E-state index >= 15 is 0 Å². The van der Waals surface area contributed by atoms with Crippen LogP contribution in [0.4, 0.5) is 5.69 Å². The molecular formula is C18H21NO4S. The van der Waals surface area contributed by atoms with Crippen LogP contribution in [0.15, 0.2) is 47.4 Å². The third-order valence-corrected chi connectivity index (χ3v) is 4.73. The van der Waals surface area contributed by atoms with Crippen LogP contribution in [0.1, 0.15) is 35.3 Å². The smallest absolute Gasteiger partial charge is 0.338 e. The van der Waals surface area contributed by atoms with Crippen LogP contribution in [0.3, 0.4) is 0 Å². The molecule has 2 aromatic carbocycles. The van der Waals surface area contributed by atoms with Gasteiger partial charge >= 0.3 is 5.97 Å². The molecule has 0 spiro atoms. The third-order valence-electron chi connectivity index (χ3n) is 3.35. The van der Waals surface area contributed by atoms with Crippen molar-refractivity contribution in [3.63, 3.8) is 0 Å². The van der Waals surface area contributed by atoms with Crippen LogP contribution in [0.25, 0.3) is 0 Å². The number of anilines is 1. The van der Waals surface area contributed by atoms with E-state index in [1.165, 1.54) is 12.1 Å². The van der Waals surface area contributed by atoms with E-state index in [0.717, 1.165) is 5.56 Å². The summed E-state index contributed by atoms with van der Waals surface area (Å²) >= 11 is 0. The predicted molar refractivity (Wildman–Crippen MR) is 93.7 cm³/mol. The fourth-order valence-corrected chi connectivity index (χ4v) is 3.26. The van der Waals surface area contributed by atoms with Gasteiger partial charge in [0.15, 0.2) is 0 Å². The first-order valence-corrected chi connectivity index (χ1v) is 9.08. The molecule has 2 rings (SSSR count). The van der Waals surface area contributed by atoms with Gasteiger partial charge in [-0.15, -0.1) is 0 Å². The van der Waals surface area contributed by atoms with Crippen molar-refractivity contribution >= 4 is 21.7 Å². The molecule has 5 nitrogen and oxygen atoms in total. The van der Waals surface area contributed by atoms with Gasteiger partial charge in [0.2, 0.25) is 0 Å². The maximum Gasteiger partial charge on any atom is 0.338 e. The number of rotatable bonds is 5. The van der Waals surface area contributed by atoms with E-state index in [1.807, 2.05) is 13.0 Å². The molecule has 0 amide bonds. The number of esters is 1. The maximum atomic E-state index is 12.6. The van der Waals surface area contributed by atoms with Gasteiger partial charge in [-0.2, -0.15) is 0 Å². The molecule has 0 heterocycles. The predicted octanol–water partition coefficient (Wildman–Crippen LogP) is 3.67. The Hall–Kier alpha value is -2.34. The summed E-state index contributed by atoms with van der Waals surface area (Å²) in [7, 11) is -3.79. The molecule has 0 radical (unpaired) electrons. The van der Waals surface area contributed by atoms with Crippen molar-refractivity contribution in [2.75, 3.05) is 4.72 Å². The van der Waals surface area contributed by atoms with Crippen LogP contribution in [0.2, 0.25) is 0 Å². The first-order chi connectivity index (χ1) is 11.2. The van der Waals surface area contributed by atoms with Crippen LogP contribution >= 0.6 is 0 Å². The van der Waals surface area contributed by atoms with Crippen molar-refractivity contribution in [1.82, 2.24) is 0 Å². The number of hydrogen-bond acceptors (Lipinski definition) is 4. The van der Waals surface area contributed by atoms with Crippen molar-refractivity contribution in [2.24, 2.45) is 0 Å². The van der Waals surface area contributed by atoms with Crippen molar-refractivity contribution in [3.8, 4) is 0 Å². The van der Waals surface area contributed by atoms with Gasteiger partial charge in [0.25, 0.3) is 10.0 Å². The molecule has 1 N–H and O–H groups in total. The van der Waals surface area contributed by atoms with Gasteiger partial charge in [-0.05, 0) is 63.1 Å². The quantitative estimate of drug-likeness (QED) is 0.838. The van der Waals surface area contributed by atoms with E-state index in [0.29, 0.717) is 11.3 Å². The normalized spacial score (nSPS) is 11.4. The summed E-state index contributed by atoms with van der Waals surface area (Å²) in [5.74, 6) is -0.532. The zero-order valence-electron chi connectivity index (χ0n) is 14.2. The van der Waals surface area contributed by atoms with Gasteiger partial charge in [0.05, 0.1) is 16.6 Å². The number of carbonyl (C=O) groups is 1. The Morgan fingerprint density at radius 1 is 1.08 bits per heavy atom. The van der Waals surface area contributed by atoms with E-state index < -0.39 is 16.0 Å². The molecule has 0 aliphatic heterocycles. The lowest BCUT2D eigenvalue weighted by atomic mass is 10.1. The minimum absolute atomic E-state index is 0.0188. The lowest BCUT2D eigenvalue weighted by Gasteiger charge is -2.13. The Bertz CT molecular complexity index is 857. The van der Waals surface area contributed by atoms with E-state index in [1.54, 1.807) is 45.0 Å². The van der Waals surface area contributed by atoms with Crippen molar-refractivity contribution in [3.05, 3.63) is 59.2 Å². The summed E-state index contributed by atoms with van der Waals surface area (Å²) in [6.45, 7) is 7.10. The molecule has 0 aliphatic carbocycles. The Kier molecular flexibility index (Phi) is 5.29. The minimum atomic E-state index is -3.79. The highest BCUT2D eigenvalue weighted by atomic mass is 32.2. The van der Waals surface area contributed by atoms with E-state index in [2.05, 4.69) is 4.72 Å². The third kappa shape index (κ3) is 4.35. The highest BCUT2D eigenvalue weighted by Crippen LogP contribution is 2.20. The largest absolute Gasteiger partial charge is 0.459 e. The molecule has 0 saturated carbocycles. The van der Waals surface area contributed by atoms with Crippen LogP contribution in [0, 0.1) is 13.8 Å². The first-order valence-electron chi connectivity index (χ1n) is 7.60. The molecule has 0 unspecified atom stereocenters. The number of nitrogens with one attached hydrogen (secondary N) is 1. The number of ether oxygens (including phenoxy) is 1. The second-order valence-electron chi connectivity index (χ2n) is 5.91. The molecule has 0 atom stereocenters. The summed E-state index contributed by atoms with van der Waals surface area (Å²) in [5, 5.41) is 0. The topological polar surface area (TPSA) is 72.5 Å². The van der Waals surface area contributed by atoms with E-state index in [4.69, 9.17) is 4.74 Å². The zero-order valence-corrected chi connectivity index (χ0v) is 15.0. The number of benzene rings is 2. The monoisotopic (exact) mass is 347 g/mol. The Balaban J connectivity index is 2.35. The van der Waals surface area contributed by atoms with Crippen molar-refractivity contribution in [1.29, 1.82) is 0 Å². The van der Waals surface area contributed by atoms with Crippen LogP contribution in [-0.2, 0) is 14.8 Å². The number of hydrogen-bond donors (Lipinski definition) is 1. The first kappa shape index (κ1) is 18.0. The second kappa shape index (κ2) is 7.05. The van der Waals surface area contributed by atoms with Crippen LogP contribution < -0.4 is 4.72 Å². The minimum Gasteiger partial charge on any atom is -0.459 e. The lowest BCUT2D eigenvalue weighted by Crippen LogP contribution is -2.16. The summed E-state index contributed by atoms with van der Waals surface area (Å²) in [6.07, 6.45) is -0.275.